The van der Waals surface area contributed by atoms with E-state index in [0.717, 1.165) is 12.8 Å². The first kappa shape index (κ1) is 11.4. The molecule has 0 spiro atoms. The number of allylic oxidation sites excluding steroid dienone is 3. The summed E-state index contributed by atoms with van der Waals surface area (Å²) in [5, 5.41) is 0. The molecule has 0 saturated heterocycles. The maximum atomic E-state index is 5.40. The highest BCUT2D eigenvalue weighted by Crippen LogP contribution is 2.07. The van der Waals surface area contributed by atoms with Gasteiger partial charge in [0.2, 0.25) is 0 Å². The largest absolute Gasteiger partial charge is 0.327 e. The van der Waals surface area contributed by atoms with Crippen LogP contribution in [0, 0.1) is 0 Å². The summed E-state index contributed by atoms with van der Waals surface area (Å²) in [6.07, 6.45) is 7.87. The van der Waals surface area contributed by atoms with Crippen molar-refractivity contribution in [2.75, 3.05) is 6.54 Å². The molecule has 70 valence electrons. The van der Waals surface area contributed by atoms with Gasteiger partial charge in [0.1, 0.15) is 0 Å². The van der Waals surface area contributed by atoms with E-state index < -0.39 is 0 Å². The van der Waals surface area contributed by atoms with Crippen LogP contribution in [0.25, 0.3) is 0 Å². The van der Waals surface area contributed by atoms with Gasteiger partial charge in [-0.15, -0.1) is 0 Å². The Bertz CT molecular complexity index is 166. The SMILES string of the molecule is CCC(C)=CCC/C(C)=C/CN. The monoisotopic (exact) mass is 167 g/mol. The maximum Gasteiger partial charge on any atom is 0.0109 e. The van der Waals surface area contributed by atoms with Crippen LogP contribution in [0.5, 0.6) is 0 Å². The minimum atomic E-state index is 0.669. The second-order valence-electron chi connectivity index (χ2n) is 3.23. The molecule has 0 unspecified atom stereocenters. The molecule has 0 rings (SSSR count). The van der Waals surface area contributed by atoms with Gasteiger partial charge in [-0.25, -0.2) is 0 Å². The molecular formula is C11H21N. The Morgan fingerprint density at radius 1 is 1.17 bits per heavy atom. The van der Waals surface area contributed by atoms with Gasteiger partial charge in [-0.2, -0.15) is 0 Å². The van der Waals surface area contributed by atoms with E-state index in [1.54, 1.807) is 0 Å². The van der Waals surface area contributed by atoms with Gasteiger partial charge in [0.05, 0.1) is 0 Å². The summed E-state index contributed by atoms with van der Waals surface area (Å²) in [6.45, 7) is 7.18. The van der Waals surface area contributed by atoms with Crippen LogP contribution in [0.3, 0.4) is 0 Å². The second kappa shape index (κ2) is 7.11. The lowest BCUT2D eigenvalue weighted by Crippen LogP contribution is -1.94. The van der Waals surface area contributed by atoms with Crippen LogP contribution in [0.15, 0.2) is 23.3 Å². The molecule has 0 heterocycles. The zero-order valence-corrected chi connectivity index (χ0v) is 8.56. The summed E-state index contributed by atoms with van der Waals surface area (Å²) < 4.78 is 0. The fraction of sp³-hybridized carbons (Fsp3) is 0.636. The first-order valence-electron chi connectivity index (χ1n) is 4.72. The van der Waals surface area contributed by atoms with E-state index in [4.69, 9.17) is 5.73 Å². The van der Waals surface area contributed by atoms with Crippen LogP contribution >= 0.6 is 0 Å². The van der Waals surface area contributed by atoms with E-state index >= 15 is 0 Å². The molecule has 0 saturated carbocycles. The third-order valence-corrected chi connectivity index (χ3v) is 2.06. The summed E-state index contributed by atoms with van der Waals surface area (Å²) in [5.74, 6) is 0. The first-order chi connectivity index (χ1) is 5.70. The summed E-state index contributed by atoms with van der Waals surface area (Å²) in [6, 6.07) is 0. The number of rotatable bonds is 5. The molecule has 0 radical (unpaired) electrons. The molecule has 0 bridgehead atoms. The Balaban J connectivity index is 3.62. The highest BCUT2D eigenvalue weighted by Gasteiger charge is 1.88. The quantitative estimate of drug-likeness (QED) is 0.626. The molecule has 1 nitrogen and oxygen atoms in total. The standard InChI is InChI=1S/C11H21N/c1-4-10(2)6-5-7-11(3)8-9-12/h6,8H,4-5,7,9,12H2,1-3H3/b10-6?,11-8+. The van der Waals surface area contributed by atoms with E-state index in [2.05, 4.69) is 32.9 Å². The van der Waals surface area contributed by atoms with Crippen LogP contribution < -0.4 is 5.73 Å². The molecule has 0 aromatic carbocycles. The summed E-state index contributed by atoms with van der Waals surface area (Å²) >= 11 is 0. The fourth-order valence-corrected chi connectivity index (χ4v) is 0.994. The van der Waals surface area contributed by atoms with Crippen molar-refractivity contribution >= 4 is 0 Å². The molecular weight excluding hydrogens is 146 g/mol. The lowest BCUT2D eigenvalue weighted by atomic mass is 10.1. The van der Waals surface area contributed by atoms with Crippen molar-refractivity contribution in [3.05, 3.63) is 23.3 Å². The van der Waals surface area contributed by atoms with Crippen molar-refractivity contribution in [1.29, 1.82) is 0 Å². The van der Waals surface area contributed by atoms with Crippen LogP contribution in [0.1, 0.15) is 40.0 Å². The molecule has 2 N–H and O–H groups in total. The highest BCUT2D eigenvalue weighted by atomic mass is 14.5. The second-order valence-corrected chi connectivity index (χ2v) is 3.23. The molecule has 0 aliphatic rings. The molecule has 0 aromatic rings. The predicted molar refractivity (Wildman–Crippen MR) is 56.1 cm³/mol. The minimum Gasteiger partial charge on any atom is -0.327 e. The van der Waals surface area contributed by atoms with E-state index in [9.17, 15) is 0 Å². The van der Waals surface area contributed by atoms with Gasteiger partial charge in [-0.05, 0) is 33.1 Å². The van der Waals surface area contributed by atoms with Crippen molar-refractivity contribution in [3.63, 3.8) is 0 Å². The van der Waals surface area contributed by atoms with Crippen molar-refractivity contribution < 1.29 is 0 Å². The van der Waals surface area contributed by atoms with E-state index in [1.807, 2.05) is 0 Å². The number of hydrogen-bond acceptors (Lipinski definition) is 1. The molecule has 0 aliphatic carbocycles. The van der Waals surface area contributed by atoms with Crippen molar-refractivity contribution in [1.82, 2.24) is 0 Å². The van der Waals surface area contributed by atoms with Gasteiger partial charge < -0.3 is 5.73 Å². The van der Waals surface area contributed by atoms with E-state index in [1.165, 1.54) is 17.6 Å². The highest BCUT2D eigenvalue weighted by molar-refractivity contribution is 5.03. The number of hydrogen-bond donors (Lipinski definition) is 1. The number of nitrogens with two attached hydrogens (primary N) is 1. The van der Waals surface area contributed by atoms with Gasteiger partial charge in [-0.1, -0.05) is 30.2 Å². The minimum absolute atomic E-state index is 0.669. The first-order valence-corrected chi connectivity index (χ1v) is 4.72. The smallest absolute Gasteiger partial charge is 0.0109 e. The zero-order chi connectivity index (χ0) is 9.40. The Hall–Kier alpha value is -0.560. The average Bonchev–Trinajstić information content (AvgIpc) is 2.04. The van der Waals surface area contributed by atoms with Crippen molar-refractivity contribution in [3.8, 4) is 0 Å². The zero-order valence-electron chi connectivity index (χ0n) is 8.56. The van der Waals surface area contributed by atoms with Gasteiger partial charge >= 0.3 is 0 Å². The topological polar surface area (TPSA) is 26.0 Å². The molecule has 1 heteroatoms. The van der Waals surface area contributed by atoms with Gasteiger partial charge in [0, 0.05) is 6.54 Å². The van der Waals surface area contributed by atoms with Gasteiger partial charge in [-0.3, -0.25) is 0 Å². The lowest BCUT2D eigenvalue weighted by Gasteiger charge is -1.98. The summed E-state index contributed by atoms with van der Waals surface area (Å²) in [7, 11) is 0. The van der Waals surface area contributed by atoms with Crippen LogP contribution in [-0.4, -0.2) is 6.54 Å². The predicted octanol–water partition coefficient (Wildman–Crippen LogP) is 3.03. The van der Waals surface area contributed by atoms with Gasteiger partial charge in [0.25, 0.3) is 0 Å². The Kier molecular flexibility index (Phi) is 6.78. The third-order valence-electron chi connectivity index (χ3n) is 2.06. The Morgan fingerprint density at radius 2 is 1.83 bits per heavy atom. The Labute approximate surface area is 76.3 Å². The summed E-state index contributed by atoms with van der Waals surface area (Å²) in [5.41, 5.74) is 8.28. The molecule has 0 aromatic heterocycles. The van der Waals surface area contributed by atoms with Crippen molar-refractivity contribution in [2.45, 2.75) is 40.0 Å². The molecule has 12 heavy (non-hydrogen) atoms. The van der Waals surface area contributed by atoms with Crippen molar-refractivity contribution in [2.24, 2.45) is 5.73 Å². The van der Waals surface area contributed by atoms with E-state index in [0.29, 0.717) is 6.54 Å². The average molecular weight is 167 g/mol. The molecule has 0 amide bonds. The lowest BCUT2D eigenvalue weighted by molar-refractivity contribution is 0.942. The fourth-order valence-electron chi connectivity index (χ4n) is 0.994. The molecule has 0 fully saturated rings. The summed E-state index contributed by atoms with van der Waals surface area (Å²) in [4.78, 5) is 0. The van der Waals surface area contributed by atoms with Crippen LogP contribution in [0.2, 0.25) is 0 Å². The maximum absolute atomic E-state index is 5.40. The normalized spacial score (nSPS) is 13.7. The van der Waals surface area contributed by atoms with E-state index in [-0.39, 0.29) is 0 Å². The van der Waals surface area contributed by atoms with Gasteiger partial charge in [0.15, 0.2) is 0 Å². The third kappa shape index (κ3) is 6.17. The molecule has 0 aliphatic heterocycles. The van der Waals surface area contributed by atoms with Crippen LogP contribution in [0.4, 0.5) is 0 Å². The molecule has 0 atom stereocenters. The van der Waals surface area contributed by atoms with Crippen LogP contribution in [-0.2, 0) is 0 Å². The Morgan fingerprint density at radius 3 is 2.33 bits per heavy atom.